The summed E-state index contributed by atoms with van der Waals surface area (Å²) in [5.74, 6) is 6.86. The Bertz CT molecular complexity index is 779. The lowest BCUT2D eigenvalue weighted by molar-refractivity contribution is 0.531. The van der Waals surface area contributed by atoms with Crippen molar-refractivity contribution in [2.75, 3.05) is 0 Å². The molecule has 1 aromatic carbocycles. The number of fused-ring (bicyclic) bond motifs is 1. The molecule has 0 amide bonds. The van der Waals surface area contributed by atoms with Crippen molar-refractivity contribution >= 4 is 11.1 Å². The van der Waals surface area contributed by atoms with Crippen LogP contribution in [0.4, 0.5) is 0 Å². The topological polar surface area (TPSA) is 38.9 Å². The van der Waals surface area contributed by atoms with Crippen molar-refractivity contribution in [2.45, 2.75) is 19.8 Å². The summed E-state index contributed by atoms with van der Waals surface area (Å²) in [7, 11) is 0. The number of hydrogen-bond donors (Lipinski definition) is 0. The monoisotopic (exact) mass is 262 g/mol. The first-order chi connectivity index (χ1) is 9.81. The van der Waals surface area contributed by atoms with Crippen molar-refractivity contribution in [2.24, 2.45) is 0 Å². The smallest absolute Gasteiger partial charge is 0.196 e. The van der Waals surface area contributed by atoms with Crippen molar-refractivity contribution in [1.29, 1.82) is 0 Å². The first kappa shape index (κ1) is 12.4. The Morgan fingerprint density at radius 2 is 2.15 bits per heavy atom. The largest absolute Gasteiger partial charge is 0.441 e. The highest BCUT2D eigenvalue weighted by Gasteiger charge is 2.04. The van der Waals surface area contributed by atoms with E-state index in [1.54, 1.807) is 6.20 Å². The minimum atomic E-state index is 0.711. The van der Waals surface area contributed by atoms with E-state index in [0.29, 0.717) is 12.8 Å². The second-order valence-electron chi connectivity index (χ2n) is 4.60. The summed E-state index contributed by atoms with van der Waals surface area (Å²) >= 11 is 0. The van der Waals surface area contributed by atoms with Gasteiger partial charge in [-0.05, 0) is 42.7 Å². The summed E-state index contributed by atoms with van der Waals surface area (Å²) in [6.07, 6.45) is 3.17. The quantitative estimate of drug-likeness (QED) is 0.663. The van der Waals surface area contributed by atoms with Crippen LogP contribution in [0.25, 0.3) is 11.1 Å². The maximum atomic E-state index is 5.68. The zero-order valence-electron chi connectivity index (χ0n) is 11.3. The van der Waals surface area contributed by atoms with Gasteiger partial charge >= 0.3 is 0 Å². The number of oxazole rings is 1. The molecule has 3 nitrogen and oxygen atoms in total. The molecule has 0 aliphatic carbocycles. The molecular formula is C17H14N2O. The summed E-state index contributed by atoms with van der Waals surface area (Å²) < 4.78 is 5.68. The molecule has 0 radical (unpaired) electrons. The average molecular weight is 262 g/mol. The van der Waals surface area contributed by atoms with Crippen molar-refractivity contribution in [3.63, 3.8) is 0 Å². The standard InChI is InChI=1S/C17H14N2O/c1-13-9-10-16-15(12-13)19-17(20-16)8-3-2-6-14-7-4-5-11-18-14/h4-5,7,9-12H,3,8H2,1H3. The Kier molecular flexibility index (Phi) is 3.47. The normalized spacial score (nSPS) is 10.2. The van der Waals surface area contributed by atoms with Crippen LogP contribution in [0.15, 0.2) is 47.0 Å². The Morgan fingerprint density at radius 1 is 1.20 bits per heavy atom. The molecule has 0 N–H and O–H groups in total. The zero-order valence-corrected chi connectivity index (χ0v) is 11.3. The maximum Gasteiger partial charge on any atom is 0.196 e. The third kappa shape index (κ3) is 2.86. The van der Waals surface area contributed by atoms with Gasteiger partial charge in [0.1, 0.15) is 11.2 Å². The highest BCUT2D eigenvalue weighted by Crippen LogP contribution is 2.17. The number of benzene rings is 1. The molecule has 98 valence electrons. The number of aryl methyl sites for hydroxylation is 2. The molecule has 0 unspecified atom stereocenters. The van der Waals surface area contributed by atoms with E-state index in [1.807, 2.05) is 43.3 Å². The molecule has 3 heteroatoms. The Morgan fingerprint density at radius 3 is 3.00 bits per heavy atom. The Balaban J connectivity index is 1.67. The fourth-order valence-electron chi connectivity index (χ4n) is 1.95. The minimum absolute atomic E-state index is 0.711. The van der Waals surface area contributed by atoms with Gasteiger partial charge in [-0.2, -0.15) is 0 Å². The van der Waals surface area contributed by atoms with Crippen molar-refractivity contribution in [1.82, 2.24) is 9.97 Å². The van der Waals surface area contributed by atoms with Gasteiger partial charge in [0.25, 0.3) is 0 Å². The fourth-order valence-corrected chi connectivity index (χ4v) is 1.95. The van der Waals surface area contributed by atoms with Gasteiger partial charge in [-0.3, -0.25) is 0 Å². The Hall–Kier alpha value is -2.60. The second kappa shape index (κ2) is 5.58. The third-order valence-corrected chi connectivity index (χ3v) is 2.93. The van der Waals surface area contributed by atoms with Gasteiger partial charge in [0.15, 0.2) is 11.5 Å². The molecule has 0 aliphatic heterocycles. The van der Waals surface area contributed by atoms with Crippen LogP contribution in [0.5, 0.6) is 0 Å². The average Bonchev–Trinajstić information content (AvgIpc) is 2.86. The van der Waals surface area contributed by atoms with Gasteiger partial charge in [0, 0.05) is 19.0 Å². The lowest BCUT2D eigenvalue weighted by Crippen LogP contribution is -1.83. The number of rotatable bonds is 2. The van der Waals surface area contributed by atoms with Gasteiger partial charge in [0.2, 0.25) is 0 Å². The van der Waals surface area contributed by atoms with Gasteiger partial charge in [-0.1, -0.05) is 18.1 Å². The molecule has 0 fully saturated rings. The van der Waals surface area contributed by atoms with Gasteiger partial charge in [0.05, 0.1) is 0 Å². The first-order valence-electron chi connectivity index (χ1n) is 6.57. The molecule has 0 aliphatic rings. The molecule has 0 saturated carbocycles. The van der Waals surface area contributed by atoms with Crippen molar-refractivity contribution < 1.29 is 4.42 Å². The van der Waals surface area contributed by atoms with Crippen LogP contribution in [0.1, 0.15) is 23.6 Å². The molecule has 2 aromatic heterocycles. The molecule has 0 bridgehead atoms. The lowest BCUT2D eigenvalue weighted by atomic mass is 10.2. The molecule has 3 rings (SSSR count). The molecule has 0 spiro atoms. The van der Waals surface area contributed by atoms with E-state index in [4.69, 9.17) is 4.42 Å². The van der Waals surface area contributed by atoms with E-state index in [1.165, 1.54) is 5.56 Å². The fraction of sp³-hybridized carbons (Fsp3) is 0.176. The van der Waals surface area contributed by atoms with Crippen LogP contribution in [-0.2, 0) is 6.42 Å². The number of hydrogen-bond acceptors (Lipinski definition) is 3. The molecule has 2 heterocycles. The zero-order chi connectivity index (χ0) is 13.8. The van der Waals surface area contributed by atoms with Gasteiger partial charge < -0.3 is 4.42 Å². The predicted octanol–water partition coefficient (Wildman–Crippen LogP) is 3.52. The number of aromatic nitrogens is 2. The van der Waals surface area contributed by atoms with Gasteiger partial charge in [-0.25, -0.2) is 9.97 Å². The van der Waals surface area contributed by atoms with Crippen molar-refractivity contribution in [3.05, 3.63) is 59.7 Å². The lowest BCUT2D eigenvalue weighted by Gasteiger charge is -1.88. The van der Waals surface area contributed by atoms with E-state index in [9.17, 15) is 0 Å². The number of nitrogens with zero attached hydrogens (tertiary/aromatic N) is 2. The van der Waals surface area contributed by atoms with E-state index >= 15 is 0 Å². The minimum Gasteiger partial charge on any atom is -0.441 e. The SMILES string of the molecule is Cc1ccc2oc(CCC#Cc3ccccn3)nc2c1. The van der Waals surface area contributed by atoms with E-state index < -0.39 is 0 Å². The van der Waals surface area contributed by atoms with Crippen LogP contribution in [-0.4, -0.2) is 9.97 Å². The number of pyridine rings is 1. The molecule has 0 atom stereocenters. The van der Waals surface area contributed by atoms with Crippen LogP contribution in [0.2, 0.25) is 0 Å². The molecule has 0 saturated heterocycles. The van der Waals surface area contributed by atoms with E-state index in [-0.39, 0.29) is 0 Å². The summed E-state index contributed by atoms with van der Waals surface area (Å²) in [5.41, 5.74) is 3.73. The highest BCUT2D eigenvalue weighted by atomic mass is 16.3. The summed E-state index contributed by atoms with van der Waals surface area (Å²) in [5, 5.41) is 0. The van der Waals surface area contributed by atoms with Crippen LogP contribution in [0, 0.1) is 18.8 Å². The van der Waals surface area contributed by atoms with Gasteiger partial charge in [-0.15, -0.1) is 0 Å². The summed E-state index contributed by atoms with van der Waals surface area (Å²) in [6, 6.07) is 11.7. The van der Waals surface area contributed by atoms with Crippen LogP contribution >= 0.6 is 0 Å². The van der Waals surface area contributed by atoms with Crippen LogP contribution in [0.3, 0.4) is 0 Å². The highest BCUT2D eigenvalue weighted by molar-refractivity contribution is 5.73. The van der Waals surface area contributed by atoms with E-state index in [0.717, 1.165) is 22.7 Å². The maximum absolute atomic E-state index is 5.68. The predicted molar refractivity (Wildman–Crippen MR) is 78.2 cm³/mol. The summed E-state index contributed by atoms with van der Waals surface area (Å²) in [4.78, 5) is 8.62. The third-order valence-electron chi connectivity index (χ3n) is 2.93. The molecular weight excluding hydrogens is 248 g/mol. The summed E-state index contributed by atoms with van der Waals surface area (Å²) in [6.45, 7) is 2.05. The molecule has 3 aromatic rings. The Labute approximate surface area is 117 Å². The van der Waals surface area contributed by atoms with Crippen molar-refractivity contribution in [3.8, 4) is 11.8 Å². The first-order valence-corrected chi connectivity index (χ1v) is 6.57. The molecule has 20 heavy (non-hydrogen) atoms. The van der Waals surface area contributed by atoms with Crippen LogP contribution < -0.4 is 0 Å². The van der Waals surface area contributed by atoms with E-state index in [2.05, 4.69) is 21.8 Å². The second-order valence-corrected chi connectivity index (χ2v) is 4.60.